The highest BCUT2D eigenvalue weighted by Crippen LogP contribution is 2.44. The van der Waals surface area contributed by atoms with Crippen molar-refractivity contribution in [3.05, 3.63) is 17.1 Å². The monoisotopic (exact) mass is 330 g/mol. The Balaban J connectivity index is 1.84. The quantitative estimate of drug-likeness (QED) is 0.893. The molecule has 1 unspecified atom stereocenters. The van der Waals surface area contributed by atoms with Crippen molar-refractivity contribution in [1.29, 1.82) is 0 Å². The zero-order chi connectivity index (χ0) is 17.3. The Labute approximate surface area is 140 Å². The summed E-state index contributed by atoms with van der Waals surface area (Å²) in [6.07, 6.45) is 2.81. The van der Waals surface area contributed by atoms with E-state index in [2.05, 4.69) is 22.2 Å². The summed E-state index contributed by atoms with van der Waals surface area (Å²) in [7, 11) is 0. The van der Waals surface area contributed by atoms with E-state index in [0.29, 0.717) is 34.1 Å². The second-order valence-electron chi connectivity index (χ2n) is 7.76. The van der Waals surface area contributed by atoms with Crippen LogP contribution in [0.15, 0.2) is 4.42 Å². The number of carbonyl (C=O) groups is 1. The first-order chi connectivity index (χ1) is 11.2. The van der Waals surface area contributed by atoms with Gasteiger partial charge in [-0.05, 0) is 40.5 Å². The lowest BCUT2D eigenvalue weighted by Gasteiger charge is -2.42. The van der Waals surface area contributed by atoms with Gasteiger partial charge in [0.2, 0.25) is 5.71 Å². The molecule has 4 rings (SSSR count). The van der Waals surface area contributed by atoms with E-state index in [9.17, 15) is 4.79 Å². The number of anilines is 1. The van der Waals surface area contributed by atoms with Crippen molar-refractivity contribution >= 4 is 22.8 Å². The van der Waals surface area contributed by atoms with Crippen molar-refractivity contribution in [3.63, 3.8) is 0 Å². The third-order valence-corrected chi connectivity index (χ3v) is 4.84. The Kier molecular flexibility index (Phi) is 3.01. The molecule has 2 aromatic heterocycles. The molecule has 7 nitrogen and oxygen atoms in total. The fraction of sp³-hybridized carbons (Fsp3) is 0.588. The minimum Gasteiger partial charge on any atom is -0.442 e. The molecule has 7 heteroatoms. The summed E-state index contributed by atoms with van der Waals surface area (Å²) in [6, 6.07) is 0. The lowest BCUT2D eigenvalue weighted by molar-refractivity contribution is -0.191. The number of primary amides is 1. The molecule has 1 aliphatic carbocycles. The molecule has 3 heterocycles. The van der Waals surface area contributed by atoms with Gasteiger partial charge in [0, 0.05) is 12.0 Å². The van der Waals surface area contributed by atoms with E-state index >= 15 is 0 Å². The number of nitrogens with zero attached hydrogens (tertiary/aromatic N) is 2. The van der Waals surface area contributed by atoms with Crippen molar-refractivity contribution in [3.8, 4) is 0 Å². The summed E-state index contributed by atoms with van der Waals surface area (Å²) in [4.78, 5) is 21.0. The van der Waals surface area contributed by atoms with Gasteiger partial charge >= 0.3 is 0 Å². The third kappa shape index (κ3) is 2.43. The van der Waals surface area contributed by atoms with Crippen LogP contribution in [0.1, 0.15) is 68.1 Å². The number of furan rings is 1. The Bertz CT molecular complexity index is 843. The van der Waals surface area contributed by atoms with Crippen molar-refractivity contribution in [2.45, 2.75) is 64.2 Å². The van der Waals surface area contributed by atoms with Crippen molar-refractivity contribution < 1.29 is 13.9 Å². The topological polar surface area (TPSA) is 103 Å². The van der Waals surface area contributed by atoms with E-state index in [1.807, 2.05) is 13.8 Å². The lowest BCUT2D eigenvalue weighted by atomic mass is 9.93. The number of aromatic nitrogens is 2. The van der Waals surface area contributed by atoms with Gasteiger partial charge in [0.25, 0.3) is 5.91 Å². The van der Waals surface area contributed by atoms with Crippen LogP contribution in [-0.4, -0.2) is 27.0 Å². The summed E-state index contributed by atoms with van der Waals surface area (Å²) in [6.45, 7) is 7.91. The fourth-order valence-corrected chi connectivity index (χ4v) is 3.22. The number of carbonyl (C=O) groups excluding carboxylic acids is 1. The van der Waals surface area contributed by atoms with Gasteiger partial charge < -0.3 is 20.2 Å². The normalized spacial score (nSPS) is 23.8. The van der Waals surface area contributed by atoms with Crippen LogP contribution in [-0.2, 0) is 4.74 Å². The molecular formula is C17H22N4O3. The van der Waals surface area contributed by atoms with Gasteiger partial charge in [-0.2, -0.15) is 4.98 Å². The van der Waals surface area contributed by atoms with E-state index in [-0.39, 0.29) is 17.2 Å². The molecule has 24 heavy (non-hydrogen) atoms. The number of amides is 1. The molecule has 0 spiro atoms. The molecule has 1 atom stereocenters. The first-order valence-corrected chi connectivity index (χ1v) is 8.24. The van der Waals surface area contributed by atoms with Gasteiger partial charge in [0.1, 0.15) is 17.7 Å². The Morgan fingerprint density at radius 1 is 1.29 bits per heavy atom. The number of aryl methyl sites for hydroxylation is 1. The number of ether oxygens (including phenoxy) is 1. The van der Waals surface area contributed by atoms with Gasteiger partial charge in [-0.15, -0.1) is 0 Å². The maximum absolute atomic E-state index is 11.9. The highest BCUT2D eigenvalue weighted by atomic mass is 16.5. The molecular weight excluding hydrogens is 308 g/mol. The largest absolute Gasteiger partial charge is 0.442 e. The molecule has 2 aliphatic rings. The molecule has 1 amide bonds. The van der Waals surface area contributed by atoms with Crippen LogP contribution in [0.25, 0.3) is 11.1 Å². The Morgan fingerprint density at radius 2 is 1.96 bits per heavy atom. The van der Waals surface area contributed by atoms with E-state index in [4.69, 9.17) is 14.9 Å². The molecule has 1 saturated carbocycles. The van der Waals surface area contributed by atoms with Gasteiger partial charge in [-0.25, -0.2) is 4.98 Å². The van der Waals surface area contributed by atoms with E-state index in [1.165, 1.54) is 0 Å². The second kappa shape index (κ2) is 4.69. The van der Waals surface area contributed by atoms with Crippen LogP contribution in [0, 0.1) is 6.92 Å². The number of fused-ring (bicyclic) bond motifs is 1. The highest BCUT2D eigenvalue weighted by molar-refractivity contribution is 6.09. The molecule has 0 radical (unpaired) electrons. The second-order valence-corrected chi connectivity index (χ2v) is 7.76. The summed E-state index contributed by atoms with van der Waals surface area (Å²) >= 11 is 0. The standard InChI is InChI=1S/C17H22N4O3/c1-8-10(12(18)22)11-14(21-17(4)5-6-17)19-13(20-15(11)23-8)9-7-16(2,3)24-9/h9H,5-7H2,1-4H3,(H2,18,22)(H,19,20,21). The SMILES string of the molecule is Cc1oc2nc(C3CC(C)(C)O3)nc(NC3(C)CC3)c2c1C(N)=O. The molecule has 1 saturated heterocycles. The van der Waals surface area contributed by atoms with Crippen molar-refractivity contribution in [2.24, 2.45) is 5.73 Å². The molecule has 2 aromatic rings. The summed E-state index contributed by atoms with van der Waals surface area (Å²) in [5.41, 5.74) is 6.11. The minimum atomic E-state index is -0.535. The van der Waals surface area contributed by atoms with Gasteiger partial charge in [-0.1, -0.05) is 0 Å². The summed E-state index contributed by atoms with van der Waals surface area (Å²) < 4.78 is 11.6. The predicted molar refractivity (Wildman–Crippen MR) is 88.8 cm³/mol. The molecule has 0 bridgehead atoms. The van der Waals surface area contributed by atoms with Crippen LogP contribution in [0.4, 0.5) is 5.82 Å². The number of hydrogen-bond donors (Lipinski definition) is 2. The van der Waals surface area contributed by atoms with Crippen LogP contribution in [0.5, 0.6) is 0 Å². The number of rotatable bonds is 4. The van der Waals surface area contributed by atoms with Crippen LogP contribution >= 0.6 is 0 Å². The average molecular weight is 330 g/mol. The smallest absolute Gasteiger partial charge is 0.253 e. The van der Waals surface area contributed by atoms with Gasteiger partial charge in [0.15, 0.2) is 5.82 Å². The third-order valence-electron chi connectivity index (χ3n) is 4.84. The minimum absolute atomic E-state index is 0.00160. The van der Waals surface area contributed by atoms with Crippen LogP contribution < -0.4 is 11.1 Å². The molecule has 0 aromatic carbocycles. The predicted octanol–water partition coefficient (Wildman–Crippen LogP) is 2.83. The summed E-state index contributed by atoms with van der Waals surface area (Å²) in [5.74, 6) is 1.11. The van der Waals surface area contributed by atoms with Crippen molar-refractivity contribution in [1.82, 2.24) is 9.97 Å². The zero-order valence-corrected chi connectivity index (χ0v) is 14.4. The number of nitrogens with one attached hydrogen (secondary N) is 1. The maximum Gasteiger partial charge on any atom is 0.253 e. The van der Waals surface area contributed by atoms with E-state index in [1.54, 1.807) is 6.92 Å². The lowest BCUT2D eigenvalue weighted by Crippen LogP contribution is -2.40. The first kappa shape index (κ1) is 15.4. The van der Waals surface area contributed by atoms with E-state index < -0.39 is 5.91 Å². The van der Waals surface area contributed by atoms with E-state index in [0.717, 1.165) is 19.3 Å². The molecule has 128 valence electrons. The maximum atomic E-state index is 11.9. The molecule has 3 N–H and O–H groups in total. The van der Waals surface area contributed by atoms with Gasteiger partial charge in [-0.3, -0.25) is 4.79 Å². The Hall–Kier alpha value is -2.15. The Morgan fingerprint density at radius 3 is 2.50 bits per heavy atom. The average Bonchev–Trinajstić information content (AvgIpc) is 3.05. The molecule has 1 aliphatic heterocycles. The first-order valence-electron chi connectivity index (χ1n) is 8.24. The van der Waals surface area contributed by atoms with Crippen LogP contribution in [0.3, 0.4) is 0 Å². The van der Waals surface area contributed by atoms with Crippen LogP contribution in [0.2, 0.25) is 0 Å². The fourth-order valence-electron chi connectivity index (χ4n) is 3.22. The number of hydrogen-bond acceptors (Lipinski definition) is 6. The highest BCUT2D eigenvalue weighted by Gasteiger charge is 2.42. The summed E-state index contributed by atoms with van der Waals surface area (Å²) in [5, 5.41) is 4.00. The van der Waals surface area contributed by atoms with Gasteiger partial charge in [0.05, 0.1) is 16.6 Å². The van der Waals surface area contributed by atoms with Crippen molar-refractivity contribution in [2.75, 3.05) is 5.32 Å². The molecule has 2 fully saturated rings. The number of nitrogens with two attached hydrogens (primary N) is 1. The zero-order valence-electron chi connectivity index (χ0n) is 14.4.